The molecule has 0 spiro atoms. The molecule has 3 fully saturated rings. The highest BCUT2D eigenvalue weighted by molar-refractivity contribution is 6.32. The van der Waals surface area contributed by atoms with Crippen molar-refractivity contribution in [3.63, 3.8) is 0 Å². The van der Waals surface area contributed by atoms with Gasteiger partial charge in [0.1, 0.15) is 5.75 Å². The van der Waals surface area contributed by atoms with Crippen LogP contribution in [0.25, 0.3) is 10.9 Å². The van der Waals surface area contributed by atoms with Crippen LogP contribution in [-0.4, -0.2) is 41.2 Å². The Bertz CT molecular complexity index is 810. The lowest BCUT2D eigenvalue weighted by Gasteiger charge is -2.50. The van der Waals surface area contributed by atoms with Crippen molar-refractivity contribution in [2.24, 2.45) is 11.8 Å². The van der Waals surface area contributed by atoms with Crippen LogP contribution in [0.3, 0.4) is 0 Å². The predicted molar refractivity (Wildman–Crippen MR) is 100 cm³/mol. The Morgan fingerprint density at radius 1 is 1.48 bits per heavy atom. The van der Waals surface area contributed by atoms with Crippen molar-refractivity contribution in [2.75, 3.05) is 20.2 Å². The number of halogens is 1. The van der Waals surface area contributed by atoms with E-state index in [0.29, 0.717) is 16.9 Å². The minimum atomic E-state index is -0.640. The first-order valence-electron chi connectivity index (χ1n) is 8.79. The van der Waals surface area contributed by atoms with E-state index in [2.05, 4.69) is 22.5 Å². The number of fused-ring (bicyclic) bond motifs is 4. The van der Waals surface area contributed by atoms with Crippen LogP contribution in [0.4, 0.5) is 0 Å². The number of hydrogen-bond donors (Lipinski definition) is 1. The van der Waals surface area contributed by atoms with Gasteiger partial charge in [0.05, 0.1) is 23.8 Å². The lowest BCUT2D eigenvalue weighted by Crippen LogP contribution is -2.54. The van der Waals surface area contributed by atoms with Crippen molar-refractivity contribution in [1.29, 1.82) is 0 Å². The molecule has 1 aromatic carbocycles. The zero-order valence-electron chi connectivity index (χ0n) is 14.4. The Morgan fingerprint density at radius 3 is 3.00 bits per heavy atom. The number of aliphatic hydroxyl groups is 1. The first-order valence-corrected chi connectivity index (χ1v) is 9.17. The lowest BCUT2D eigenvalue weighted by atomic mass is 9.73. The zero-order valence-corrected chi connectivity index (χ0v) is 15.1. The Kier molecular flexibility index (Phi) is 4.44. The molecule has 5 heteroatoms. The summed E-state index contributed by atoms with van der Waals surface area (Å²) < 4.78 is 5.35. The molecule has 1 N–H and O–H groups in total. The maximum atomic E-state index is 11.2. The fourth-order valence-electron chi connectivity index (χ4n) is 4.49. The SMILES string of the molecule is C=C[C@H]1CN2CCC1C[C@H]2[C@H](O)c1c(Cl)cnc2ccc(OC)cc12. The summed E-state index contributed by atoms with van der Waals surface area (Å²) in [5, 5.41) is 12.6. The standard InChI is InChI=1S/C20H23ClN2O2/c1-3-12-11-23-7-6-13(12)8-18(23)20(24)19-15-9-14(25-2)4-5-17(15)22-10-16(19)21/h3-5,9-10,12-13,18,20,24H,1,6-8,11H2,2H3/t12-,13?,18-,20-/m0/s1. The number of hydrogen-bond acceptors (Lipinski definition) is 4. The molecule has 0 aliphatic carbocycles. The van der Waals surface area contributed by atoms with Crippen molar-refractivity contribution < 1.29 is 9.84 Å². The molecule has 3 aliphatic heterocycles. The molecule has 25 heavy (non-hydrogen) atoms. The van der Waals surface area contributed by atoms with Gasteiger partial charge in [-0.05, 0) is 49.4 Å². The average Bonchev–Trinajstić information content (AvgIpc) is 2.67. The molecule has 5 rings (SSSR count). The van der Waals surface area contributed by atoms with Crippen molar-refractivity contribution in [1.82, 2.24) is 9.88 Å². The number of ether oxygens (including phenoxy) is 1. The maximum absolute atomic E-state index is 11.2. The molecule has 132 valence electrons. The normalized spacial score (nSPS) is 29.6. The van der Waals surface area contributed by atoms with Crippen LogP contribution in [0.2, 0.25) is 5.02 Å². The number of benzene rings is 1. The quantitative estimate of drug-likeness (QED) is 0.844. The molecular formula is C20H23ClN2O2. The summed E-state index contributed by atoms with van der Waals surface area (Å²) >= 11 is 6.47. The summed E-state index contributed by atoms with van der Waals surface area (Å²) in [6.45, 7) is 5.97. The van der Waals surface area contributed by atoms with E-state index in [1.165, 1.54) is 6.42 Å². The topological polar surface area (TPSA) is 45.6 Å². The first kappa shape index (κ1) is 16.8. The van der Waals surface area contributed by atoms with E-state index in [9.17, 15) is 5.11 Å². The van der Waals surface area contributed by atoms with Crippen LogP contribution in [0.5, 0.6) is 5.75 Å². The largest absolute Gasteiger partial charge is 0.497 e. The summed E-state index contributed by atoms with van der Waals surface area (Å²) in [4.78, 5) is 6.78. The lowest BCUT2D eigenvalue weighted by molar-refractivity contribution is -0.0444. The third-order valence-corrected chi connectivity index (χ3v) is 6.18. The van der Waals surface area contributed by atoms with E-state index in [1.54, 1.807) is 13.3 Å². The fourth-order valence-corrected chi connectivity index (χ4v) is 4.76. The average molecular weight is 359 g/mol. The van der Waals surface area contributed by atoms with Crippen LogP contribution in [0, 0.1) is 11.8 Å². The highest BCUT2D eigenvalue weighted by Crippen LogP contribution is 2.43. The van der Waals surface area contributed by atoms with E-state index < -0.39 is 6.10 Å². The van der Waals surface area contributed by atoms with Gasteiger partial charge in [-0.25, -0.2) is 0 Å². The number of pyridine rings is 1. The number of piperidine rings is 3. The van der Waals surface area contributed by atoms with Gasteiger partial charge in [0.2, 0.25) is 0 Å². The summed E-state index contributed by atoms with van der Waals surface area (Å²) in [6, 6.07) is 5.78. The molecule has 0 radical (unpaired) electrons. The smallest absolute Gasteiger partial charge is 0.119 e. The third-order valence-electron chi connectivity index (χ3n) is 5.88. The molecule has 2 aromatic rings. The molecule has 0 amide bonds. The van der Waals surface area contributed by atoms with Crippen LogP contribution < -0.4 is 4.74 Å². The van der Waals surface area contributed by atoms with E-state index in [-0.39, 0.29) is 6.04 Å². The minimum Gasteiger partial charge on any atom is -0.497 e. The number of aliphatic hydroxyl groups excluding tert-OH is 1. The van der Waals surface area contributed by atoms with Crippen molar-refractivity contribution in [2.45, 2.75) is 25.0 Å². The summed E-state index contributed by atoms with van der Waals surface area (Å²) in [7, 11) is 1.64. The van der Waals surface area contributed by atoms with Crippen molar-refractivity contribution >= 4 is 22.5 Å². The highest BCUT2D eigenvalue weighted by atomic mass is 35.5. The molecule has 5 atom stereocenters. The highest BCUT2D eigenvalue weighted by Gasteiger charge is 2.42. The van der Waals surface area contributed by atoms with Gasteiger partial charge in [0, 0.05) is 29.7 Å². The minimum absolute atomic E-state index is 0.0873. The molecule has 4 nitrogen and oxygen atoms in total. The van der Waals surface area contributed by atoms with Crippen LogP contribution >= 0.6 is 11.6 Å². The molecule has 2 unspecified atom stereocenters. The van der Waals surface area contributed by atoms with Gasteiger partial charge in [-0.15, -0.1) is 6.58 Å². The molecule has 4 heterocycles. The predicted octanol–water partition coefficient (Wildman–Crippen LogP) is 3.83. The number of aromatic nitrogens is 1. The zero-order chi connectivity index (χ0) is 17.6. The second-order valence-electron chi connectivity index (χ2n) is 7.09. The van der Waals surface area contributed by atoms with Crippen molar-refractivity contribution in [3.05, 3.63) is 47.6 Å². The van der Waals surface area contributed by atoms with Crippen LogP contribution in [0.1, 0.15) is 24.5 Å². The van der Waals surface area contributed by atoms with Gasteiger partial charge in [0.25, 0.3) is 0 Å². The van der Waals surface area contributed by atoms with Gasteiger partial charge < -0.3 is 9.84 Å². The van der Waals surface area contributed by atoms with E-state index >= 15 is 0 Å². The van der Waals surface area contributed by atoms with E-state index in [4.69, 9.17) is 16.3 Å². The van der Waals surface area contributed by atoms with Crippen LogP contribution in [0.15, 0.2) is 37.1 Å². The van der Waals surface area contributed by atoms with Gasteiger partial charge in [0.15, 0.2) is 0 Å². The van der Waals surface area contributed by atoms with Gasteiger partial charge in [-0.1, -0.05) is 17.7 Å². The Morgan fingerprint density at radius 2 is 2.32 bits per heavy atom. The monoisotopic (exact) mass is 358 g/mol. The third kappa shape index (κ3) is 2.82. The van der Waals surface area contributed by atoms with E-state index in [0.717, 1.165) is 41.7 Å². The second kappa shape index (κ2) is 6.60. The Labute approximate surface area is 153 Å². The number of methoxy groups -OCH3 is 1. The first-order chi connectivity index (χ1) is 12.1. The van der Waals surface area contributed by atoms with Gasteiger partial charge in [-0.3, -0.25) is 9.88 Å². The molecular weight excluding hydrogens is 336 g/mol. The maximum Gasteiger partial charge on any atom is 0.119 e. The summed E-state index contributed by atoms with van der Waals surface area (Å²) in [5.74, 6) is 1.87. The van der Waals surface area contributed by atoms with Crippen LogP contribution in [-0.2, 0) is 0 Å². The van der Waals surface area contributed by atoms with Gasteiger partial charge in [-0.2, -0.15) is 0 Å². The second-order valence-corrected chi connectivity index (χ2v) is 7.50. The van der Waals surface area contributed by atoms with E-state index in [1.807, 2.05) is 18.2 Å². The van der Waals surface area contributed by atoms with Gasteiger partial charge >= 0.3 is 0 Å². The molecule has 2 bridgehead atoms. The Hall–Kier alpha value is -1.62. The summed E-state index contributed by atoms with van der Waals surface area (Å²) in [5.41, 5.74) is 1.58. The molecule has 0 saturated carbocycles. The number of rotatable bonds is 4. The number of nitrogens with zero attached hydrogens (tertiary/aromatic N) is 2. The summed E-state index contributed by atoms with van der Waals surface area (Å²) in [6.07, 6.45) is 5.22. The molecule has 1 aromatic heterocycles. The van der Waals surface area contributed by atoms with Crippen molar-refractivity contribution in [3.8, 4) is 5.75 Å². The molecule has 3 aliphatic rings. The Balaban J connectivity index is 1.74. The fraction of sp³-hybridized carbons (Fsp3) is 0.450. The molecule has 3 saturated heterocycles.